The Morgan fingerprint density at radius 3 is 2.62 bits per heavy atom. The molecule has 0 radical (unpaired) electrons. The zero-order chi connectivity index (χ0) is 15.2. The van der Waals surface area contributed by atoms with E-state index in [4.69, 9.17) is 0 Å². The molecule has 0 unspecified atom stereocenters. The zero-order valence-corrected chi connectivity index (χ0v) is 14.9. The second kappa shape index (κ2) is 8.28. The first kappa shape index (κ1) is 16.9. The van der Waals surface area contributed by atoms with Gasteiger partial charge in [0.1, 0.15) is 0 Å². The summed E-state index contributed by atoms with van der Waals surface area (Å²) in [5.41, 5.74) is 0. The van der Waals surface area contributed by atoms with Crippen molar-refractivity contribution >= 4 is 11.3 Å². The number of thiophene rings is 1. The Morgan fingerprint density at radius 1 is 1.29 bits per heavy atom. The van der Waals surface area contributed by atoms with Gasteiger partial charge in [-0.1, -0.05) is 13.8 Å². The summed E-state index contributed by atoms with van der Waals surface area (Å²) in [6.07, 6.45) is 2.71. The van der Waals surface area contributed by atoms with E-state index in [1.807, 2.05) is 11.3 Å². The predicted molar refractivity (Wildman–Crippen MR) is 92.8 cm³/mol. The highest BCUT2D eigenvalue weighted by Gasteiger charge is 2.18. The van der Waals surface area contributed by atoms with E-state index in [-0.39, 0.29) is 0 Å². The molecular weight excluding hydrogens is 278 g/mol. The molecule has 1 aliphatic rings. The lowest BCUT2D eigenvalue weighted by molar-refractivity contribution is 0.174. The second-order valence-corrected chi connectivity index (χ2v) is 8.10. The van der Waals surface area contributed by atoms with Gasteiger partial charge in [0.2, 0.25) is 0 Å². The summed E-state index contributed by atoms with van der Waals surface area (Å²) in [5, 5.41) is 3.49. The Kier molecular flexibility index (Phi) is 6.68. The predicted octanol–water partition coefficient (Wildman–Crippen LogP) is 3.02. The summed E-state index contributed by atoms with van der Waals surface area (Å²) < 4.78 is 0. The van der Waals surface area contributed by atoms with Gasteiger partial charge in [-0.3, -0.25) is 0 Å². The second-order valence-electron chi connectivity index (χ2n) is 6.85. The summed E-state index contributed by atoms with van der Waals surface area (Å²) in [5.74, 6) is 0.883. The van der Waals surface area contributed by atoms with Crippen LogP contribution in [-0.4, -0.2) is 49.6 Å². The maximum atomic E-state index is 3.49. The molecule has 1 aromatic rings. The number of nitrogens with zero attached hydrogens (tertiary/aromatic N) is 2. The minimum Gasteiger partial charge on any atom is -0.310 e. The Hall–Kier alpha value is -0.420. The van der Waals surface area contributed by atoms with E-state index >= 15 is 0 Å². The van der Waals surface area contributed by atoms with Crippen LogP contribution in [0.25, 0.3) is 0 Å². The van der Waals surface area contributed by atoms with Crippen molar-refractivity contribution in [2.75, 3.05) is 33.7 Å². The molecule has 0 saturated carbocycles. The van der Waals surface area contributed by atoms with Gasteiger partial charge in [0.05, 0.1) is 0 Å². The van der Waals surface area contributed by atoms with Gasteiger partial charge in [-0.25, -0.2) is 0 Å². The van der Waals surface area contributed by atoms with Gasteiger partial charge in [-0.15, -0.1) is 11.3 Å². The van der Waals surface area contributed by atoms with Crippen molar-refractivity contribution in [1.29, 1.82) is 0 Å². The van der Waals surface area contributed by atoms with Gasteiger partial charge in [0, 0.05) is 35.4 Å². The van der Waals surface area contributed by atoms with Crippen molar-refractivity contribution in [2.45, 2.75) is 45.8 Å². The Bertz CT molecular complexity index is 408. The molecule has 4 heteroatoms. The number of hydrogen-bond donors (Lipinski definition) is 1. The molecule has 0 spiro atoms. The topological polar surface area (TPSA) is 18.5 Å². The van der Waals surface area contributed by atoms with Crippen LogP contribution in [0.5, 0.6) is 0 Å². The molecule has 0 bridgehead atoms. The molecule has 1 aliphatic heterocycles. The molecular formula is C17H31N3S. The van der Waals surface area contributed by atoms with Crippen LogP contribution in [-0.2, 0) is 13.1 Å². The summed E-state index contributed by atoms with van der Waals surface area (Å²) in [6.45, 7) is 10.3. The Morgan fingerprint density at radius 2 is 1.95 bits per heavy atom. The maximum absolute atomic E-state index is 3.49. The van der Waals surface area contributed by atoms with E-state index in [9.17, 15) is 0 Å². The summed E-state index contributed by atoms with van der Waals surface area (Å²) >= 11 is 1.95. The average molecular weight is 310 g/mol. The third kappa shape index (κ3) is 6.07. The highest BCUT2D eigenvalue weighted by atomic mass is 32.1. The van der Waals surface area contributed by atoms with Crippen molar-refractivity contribution in [3.63, 3.8) is 0 Å². The highest BCUT2D eigenvalue weighted by molar-refractivity contribution is 7.11. The van der Waals surface area contributed by atoms with Crippen molar-refractivity contribution in [3.05, 3.63) is 21.9 Å². The van der Waals surface area contributed by atoms with Gasteiger partial charge < -0.3 is 15.1 Å². The lowest BCUT2D eigenvalue weighted by Gasteiger charge is -2.31. The van der Waals surface area contributed by atoms with E-state index < -0.39 is 0 Å². The van der Waals surface area contributed by atoms with Crippen LogP contribution in [0.3, 0.4) is 0 Å². The molecule has 1 aromatic heterocycles. The quantitative estimate of drug-likeness (QED) is 0.835. The van der Waals surface area contributed by atoms with Gasteiger partial charge in [0.25, 0.3) is 0 Å². The number of piperidine rings is 1. The molecule has 21 heavy (non-hydrogen) atoms. The van der Waals surface area contributed by atoms with E-state index in [2.05, 4.69) is 55.2 Å². The highest BCUT2D eigenvalue weighted by Crippen LogP contribution is 2.21. The first-order valence-corrected chi connectivity index (χ1v) is 9.02. The average Bonchev–Trinajstić information content (AvgIpc) is 2.86. The third-order valence-electron chi connectivity index (χ3n) is 4.24. The van der Waals surface area contributed by atoms with Gasteiger partial charge in [-0.2, -0.15) is 0 Å². The number of hydrogen-bond acceptors (Lipinski definition) is 4. The van der Waals surface area contributed by atoms with E-state index in [1.165, 1.54) is 42.2 Å². The molecule has 1 saturated heterocycles. The molecule has 0 atom stereocenters. The molecule has 120 valence electrons. The smallest absolute Gasteiger partial charge is 0.0325 e. The van der Waals surface area contributed by atoms with Crippen LogP contribution in [0.4, 0.5) is 0 Å². The van der Waals surface area contributed by atoms with Crippen molar-refractivity contribution < 1.29 is 0 Å². The third-order valence-corrected chi connectivity index (χ3v) is 5.31. The van der Waals surface area contributed by atoms with E-state index in [0.29, 0.717) is 6.04 Å². The van der Waals surface area contributed by atoms with Gasteiger partial charge >= 0.3 is 0 Å². The van der Waals surface area contributed by atoms with E-state index in [1.54, 1.807) is 0 Å². The largest absolute Gasteiger partial charge is 0.310 e. The molecule has 1 N–H and O–H groups in total. The fourth-order valence-corrected chi connectivity index (χ4v) is 3.97. The lowest BCUT2D eigenvalue weighted by Crippen LogP contribution is -2.35. The monoisotopic (exact) mass is 309 g/mol. The number of nitrogens with one attached hydrogen (secondary N) is 1. The van der Waals surface area contributed by atoms with Crippen LogP contribution >= 0.6 is 11.3 Å². The molecule has 1 fully saturated rings. The molecule has 3 nitrogen and oxygen atoms in total. The van der Waals surface area contributed by atoms with Crippen LogP contribution in [0.15, 0.2) is 12.1 Å². The van der Waals surface area contributed by atoms with Gasteiger partial charge in [-0.05, 0) is 58.1 Å². The SMILES string of the molecule is CC(C)NCc1ccc(CN(C)CC2CCN(C)CC2)s1. The maximum Gasteiger partial charge on any atom is 0.0325 e. The Labute approximate surface area is 134 Å². The van der Waals surface area contributed by atoms with Crippen LogP contribution in [0.2, 0.25) is 0 Å². The minimum absolute atomic E-state index is 0.558. The minimum atomic E-state index is 0.558. The summed E-state index contributed by atoms with van der Waals surface area (Å²) in [7, 11) is 4.50. The normalized spacial score (nSPS) is 18.0. The molecule has 0 amide bonds. The van der Waals surface area contributed by atoms with Crippen molar-refractivity contribution in [3.8, 4) is 0 Å². The molecule has 2 heterocycles. The lowest BCUT2D eigenvalue weighted by atomic mass is 9.97. The first-order valence-electron chi connectivity index (χ1n) is 8.21. The fourth-order valence-electron chi connectivity index (χ4n) is 2.92. The van der Waals surface area contributed by atoms with Crippen molar-refractivity contribution in [2.24, 2.45) is 5.92 Å². The molecule has 0 aliphatic carbocycles. The number of likely N-dealkylation sites (tertiary alicyclic amines) is 1. The van der Waals surface area contributed by atoms with Crippen LogP contribution < -0.4 is 5.32 Å². The first-order chi connectivity index (χ1) is 10.0. The Balaban J connectivity index is 1.73. The fraction of sp³-hybridized carbons (Fsp3) is 0.765. The molecule has 2 rings (SSSR count). The van der Waals surface area contributed by atoms with Crippen LogP contribution in [0.1, 0.15) is 36.4 Å². The van der Waals surface area contributed by atoms with E-state index in [0.717, 1.165) is 19.0 Å². The summed E-state index contributed by atoms with van der Waals surface area (Å²) in [6, 6.07) is 5.13. The van der Waals surface area contributed by atoms with Gasteiger partial charge in [0.15, 0.2) is 0 Å². The summed E-state index contributed by atoms with van der Waals surface area (Å²) in [4.78, 5) is 7.89. The van der Waals surface area contributed by atoms with Crippen molar-refractivity contribution in [1.82, 2.24) is 15.1 Å². The zero-order valence-electron chi connectivity index (χ0n) is 14.1. The number of rotatable bonds is 7. The standard InChI is InChI=1S/C17H31N3S/c1-14(2)18-11-16-5-6-17(21-16)13-20(4)12-15-7-9-19(3)10-8-15/h5-6,14-15,18H,7-13H2,1-4H3. The molecule has 0 aromatic carbocycles. The van der Waals surface area contributed by atoms with Crippen LogP contribution in [0, 0.1) is 5.92 Å².